The van der Waals surface area contributed by atoms with Crippen molar-refractivity contribution in [2.75, 3.05) is 0 Å². The topological polar surface area (TPSA) is 72.0 Å². The molecular weight excluding hydrogens is 310 g/mol. The van der Waals surface area contributed by atoms with Crippen LogP contribution in [0.4, 0.5) is 0 Å². The molecule has 1 saturated carbocycles. The van der Waals surface area contributed by atoms with E-state index < -0.39 is 0 Å². The average molecular weight is 324 g/mol. The molecule has 0 bridgehead atoms. The lowest BCUT2D eigenvalue weighted by molar-refractivity contribution is 0.116. The number of halogens is 1. The van der Waals surface area contributed by atoms with Crippen LogP contribution in [-0.2, 0) is 0 Å². The van der Waals surface area contributed by atoms with E-state index in [1.165, 1.54) is 0 Å². The lowest BCUT2D eigenvalue weighted by atomic mass is 9.87. The van der Waals surface area contributed by atoms with Crippen molar-refractivity contribution in [3.05, 3.63) is 28.7 Å². The van der Waals surface area contributed by atoms with Crippen molar-refractivity contribution in [2.24, 2.45) is 0 Å². The molecule has 0 saturated heterocycles. The first-order valence-electron chi connectivity index (χ1n) is 6.36. The minimum Gasteiger partial charge on any atom is -0.393 e. The van der Waals surface area contributed by atoms with Crippen LogP contribution in [0.3, 0.4) is 0 Å². The first-order valence-corrected chi connectivity index (χ1v) is 7.15. The quantitative estimate of drug-likeness (QED) is 0.919. The van der Waals surface area contributed by atoms with Crippen LogP contribution in [0.15, 0.2) is 27.3 Å². The number of aliphatic hydroxyl groups is 1. The molecular formula is C13H14BrN3O2. The van der Waals surface area contributed by atoms with Gasteiger partial charge in [0, 0.05) is 16.6 Å². The van der Waals surface area contributed by atoms with Crippen LogP contribution in [0.2, 0.25) is 0 Å². The molecule has 6 heteroatoms. The van der Waals surface area contributed by atoms with Gasteiger partial charge in [0.15, 0.2) is 0 Å². The third-order valence-corrected chi connectivity index (χ3v) is 3.91. The second kappa shape index (κ2) is 5.38. The zero-order valence-electron chi connectivity index (χ0n) is 10.3. The highest BCUT2D eigenvalue weighted by molar-refractivity contribution is 9.10. The summed E-state index contributed by atoms with van der Waals surface area (Å²) in [5.74, 6) is 1.44. The zero-order chi connectivity index (χ0) is 13.2. The largest absolute Gasteiger partial charge is 0.393 e. The van der Waals surface area contributed by atoms with E-state index in [0.29, 0.717) is 17.4 Å². The second-order valence-electron chi connectivity index (χ2n) is 4.82. The first-order chi connectivity index (χ1) is 9.22. The number of pyridine rings is 1. The fourth-order valence-corrected chi connectivity index (χ4v) is 2.57. The van der Waals surface area contributed by atoms with E-state index >= 15 is 0 Å². The van der Waals surface area contributed by atoms with E-state index in [1.54, 1.807) is 6.20 Å². The second-order valence-corrected chi connectivity index (χ2v) is 5.74. The molecule has 0 aromatic carbocycles. The van der Waals surface area contributed by atoms with Crippen molar-refractivity contribution in [1.29, 1.82) is 0 Å². The smallest absolute Gasteiger partial charge is 0.230 e. The van der Waals surface area contributed by atoms with Crippen molar-refractivity contribution in [3.63, 3.8) is 0 Å². The monoisotopic (exact) mass is 323 g/mol. The molecule has 1 N–H and O–H groups in total. The molecule has 1 aliphatic carbocycles. The zero-order valence-corrected chi connectivity index (χ0v) is 11.9. The summed E-state index contributed by atoms with van der Waals surface area (Å²) in [6.45, 7) is 0. The molecule has 2 aromatic heterocycles. The van der Waals surface area contributed by atoms with Crippen molar-refractivity contribution in [1.82, 2.24) is 15.1 Å². The highest BCUT2D eigenvalue weighted by Crippen LogP contribution is 2.32. The Kier molecular flexibility index (Phi) is 3.61. The first kappa shape index (κ1) is 12.7. The molecule has 3 rings (SSSR count). The van der Waals surface area contributed by atoms with Crippen LogP contribution in [0.25, 0.3) is 11.5 Å². The van der Waals surface area contributed by atoms with Crippen LogP contribution in [0.5, 0.6) is 0 Å². The lowest BCUT2D eigenvalue weighted by Gasteiger charge is -2.22. The lowest BCUT2D eigenvalue weighted by Crippen LogP contribution is -2.17. The molecule has 1 aliphatic rings. The number of aromatic nitrogens is 3. The van der Waals surface area contributed by atoms with E-state index in [2.05, 4.69) is 31.1 Å². The summed E-state index contributed by atoms with van der Waals surface area (Å²) in [7, 11) is 0. The maximum Gasteiger partial charge on any atom is 0.230 e. The summed E-state index contributed by atoms with van der Waals surface area (Å²) in [6, 6.07) is 3.75. The molecule has 0 radical (unpaired) electrons. The molecule has 0 spiro atoms. The highest BCUT2D eigenvalue weighted by atomic mass is 79.9. The van der Waals surface area contributed by atoms with Gasteiger partial charge in [-0.25, -0.2) is 0 Å². The SMILES string of the molecule is OC1CCC(c2nc(-c3ccc(Br)cn3)no2)CC1. The Balaban J connectivity index is 1.77. The van der Waals surface area contributed by atoms with Crippen LogP contribution < -0.4 is 0 Å². The number of hydrogen-bond acceptors (Lipinski definition) is 5. The van der Waals surface area contributed by atoms with Gasteiger partial charge in [-0.2, -0.15) is 4.98 Å². The minimum atomic E-state index is -0.174. The van der Waals surface area contributed by atoms with Crippen molar-refractivity contribution >= 4 is 15.9 Å². The van der Waals surface area contributed by atoms with Gasteiger partial charge in [-0.3, -0.25) is 4.98 Å². The van der Waals surface area contributed by atoms with E-state index in [4.69, 9.17) is 4.52 Å². The van der Waals surface area contributed by atoms with Gasteiger partial charge in [0.05, 0.1) is 6.10 Å². The predicted molar refractivity (Wildman–Crippen MR) is 72.4 cm³/mol. The molecule has 0 atom stereocenters. The third-order valence-electron chi connectivity index (χ3n) is 3.44. The Bertz CT molecular complexity index is 547. The fraction of sp³-hybridized carbons (Fsp3) is 0.462. The molecule has 0 amide bonds. The molecule has 0 unspecified atom stereocenters. The summed E-state index contributed by atoms with van der Waals surface area (Å²) in [5.41, 5.74) is 0.703. The highest BCUT2D eigenvalue weighted by Gasteiger charge is 2.25. The van der Waals surface area contributed by atoms with Gasteiger partial charge in [-0.15, -0.1) is 0 Å². The summed E-state index contributed by atoms with van der Waals surface area (Å²) in [5, 5.41) is 13.5. The molecule has 2 aromatic rings. The third kappa shape index (κ3) is 2.84. The summed E-state index contributed by atoms with van der Waals surface area (Å²) in [4.78, 5) is 8.67. The molecule has 1 fully saturated rings. The molecule has 0 aliphatic heterocycles. The minimum absolute atomic E-state index is 0.174. The van der Waals surface area contributed by atoms with Gasteiger partial charge in [0.2, 0.25) is 11.7 Å². The summed E-state index contributed by atoms with van der Waals surface area (Å²) in [6.07, 6.45) is 4.94. The Morgan fingerprint density at radius 3 is 2.68 bits per heavy atom. The molecule has 19 heavy (non-hydrogen) atoms. The van der Waals surface area contributed by atoms with Crippen molar-refractivity contribution < 1.29 is 9.63 Å². The van der Waals surface area contributed by atoms with Crippen LogP contribution in [-0.4, -0.2) is 26.3 Å². The summed E-state index contributed by atoms with van der Waals surface area (Å²) < 4.78 is 6.25. The van der Waals surface area contributed by atoms with Gasteiger partial charge < -0.3 is 9.63 Å². The van der Waals surface area contributed by atoms with Crippen LogP contribution in [0.1, 0.15) is 37.5 Å². The van der Waals surface area contributed by atoms with Crippen molar-refractivity contribution in [2.45, 2.75) is 37.7 Å². The Morgan fingerprint density at radius 2 is 2.00 bits per heavy atom. The number of aliphatic hydroxyl groups excluding tert-OH is 1. The maximum atomic E-state index is 9.50. The van der Waals surface area contributed by atoms with Crippen LogP contribution >= 0.6 is 15.9 Å². The number of nitrogens with zero attached hydrogens (tertiary/aromatic N) is 3. The fourth-order valence-electron chi connectivity index (χ4n) is 2.34. The number of hydrogen-bond donors (Lipinski definition) is 1. The Morgan fingerprint density at radius 1 is 1.21 bits per heavy atom. The Hall–Kier alpha value is -1.27. The Labute approximate surface area is 119 Å². The van der Waals surface area contributed by atoms with E-state index in [1.807, 2.05) is 12.1 Å². The predicted octanol–water partition coefficient (Wildman–Crippen LogP) is 2.91. The van der Waals surface area contributed by atoms with Gasteiger partial charge in [0.1, 0.15) is 5.69 Å². The van der Waals surface area contributed by atoms with E-state index in [0.717, 1.165) is 30.2 Å². The van der Waals surface area contributed by atoms with Gasteiger partial charge in [-0.1, -0.05) is 5.16 Å². The molecule has 100 valence electrons. The normalized spacial score (nSPS) is 23.5. The van der Waals surface area contributed by atoms with Crippen LogP contribution in [0, 0.1) is 0 Å². The maximum absolute atomic E-state index is 9.50. The van der Waals surface area contributed by atoms with E-state index in [-0.39, 0.29) is 12.0 Å². The standard InChI is InChI=1S/C13H14BrN3O2/c14-9-3-6-11(15-7-9)12-16-13(19-17-12)8-1-4-10(18)5-2-8/h3,6-8,10,18H,1-2,4-5H2. The molecule has 2 heterocycles. The van der Waals surface area contributed by atoms with Gasteiger partial charge in [-0.05, 0) is 53.7 Å². The van der Waals surface area contributed by atoms with Gasteiger partial charge in [0.25, 0.3) is 0 Å². The van der Waals surface area contributed by atoms with Crippen molar-refractivity contribution in [3.8, 4) is 11.5 Å². The summed E-state index contributed by atoms with van der Waals surface area (Å²) >= 11 is 3.34. The van der Waals surface area contributed by atoms with Gasteiger partial charge >= 0.3 is 0 Å². The van der Waals surface area contributed by atoms with E-state index in [9.17, 15) is 5.11 Å². The molecule has 5 nitrogen and oxygen atoms in total. The number of rotatable bonds is 2. The average Bonchev–Trinajstić information content (AvgIpc) is 2.90.